The van der Waals surface area contributed by atoms with E-state index in [1.54, 1.807) is 23.1 Å². The van der Waals surface area contributed by atoms with Gasteiger partial charge in [-0.1, -0.05) is 19.9 Å². The van der Waals surface area contributed by atoms with Gasteiger partial charge in [0.15, 0.2) is 5.76 Å². The van der Waals surface area contributed by atoms with Crippen molar-refractivity contribution in [2.45, 2.75) is 45.7 Å². The fraction of sp³-hybridized carbons (Fsp3) is 0.500. The first-order valence-electron chi connectivity index (χ1n) is 10.3. The molecule has 1 fully saturated rings. The summed E-state index contributed by atoms with van der Waals surface area (Å²) in [7, 11) is 0. The summed E-state index contributed by atoms with van der Waals surface area (Å²) in [5.74, 6) is 0.00708. The third-order valence-electron chi connectivity index (χ3n) is 5.71. The summed E-state index contributed by atoms with van der Waals surface area (Å²) < 4.78 is 5.21. The molecule has 2 aromatic rings. The van der Waals surface area contributed by atoms with Gasteiger partial charge in [-0.3, -0.25) is 14.4 Å². The lowest BCUT2D eigenvalue weighted by atomic mass is 9.88. The third-order valence-corrected chi connectivity index (χ3v) is 6.58. The molecule has 162 valence electrons. The molecule has 3 amide bonds. The summed E-state index contributed by atoms with van der Waals surface area (Å²) in [6.45, 7) is 7.09. The molecular formula is C22H29N3O4S. The fourth-order valence-corrected chi connectivity index (χ4v) is 4.12. The molecule has 2 unspecified atom stereocenters. The smallest absolute Gasteiger partial charge is 0.289 e. The van der Waals surface area contributed by atoms with Gasteiger partial charge >= 0.3 is 0 Å². The predicted octanol–water partition coefficient (Wildman–Crippen LogP) is 3.15. The van der Waals surface area contributed by atoms with Crippen molar-refractivity contribution in [2.75, 3.05) is 13.1 Å². The SMILES string of the molecule is CC(C)C(C)NC(=O)C(NC(=O)c1cccs1)C1CCN(C(=O)c2ccco2)CC1. The average Bonchev–Trinajstić information content (AvgIpc) is 3.45. The van der Waals surface area contributed by atoms with Gasteiger partial charge in [-0.15, -0.1) is 11.3 Å². The first-order valence-corrected chi connectivity index (χ1v) is 11.2. The molecule has 0 aliphatic carbocycles. The van der Waals surface area contributed by atoms with E-state index < -0.39 is 6.04 Å². The molecule has 0 bridgehead atoms. The van der Waals surface area contributed by atoms with E-state index >= 15 is 0 Å². The number of carbonyl (C=O) groups is 3. The van der Waals surface area contributed by atoms with Crippen LogP contribution >= 0.6 is 11.3 Å². The fourth-order valence-electron chi connectivity index (χ4n) is 3.49. The maximum Gasteiger partial charge on any atom is 0.289 e. The van der Waals surface area contributed by atoms with Crippen molar-refractivity contribution in [3.63, 3.8) is 0 Å². The summed E-state index contributed by atoms with van der Waals surface area (Å²) in [6, 6.07) is 6.26. The van der Waals surface area contributed by atoms with E-state index in [2.05, 4.69) is 10.6 Å². The molecular weight excluding hydrogens is 402 g/mol. The maximum atomic E-state index is 13.0. The highest BCUT2D eigenvalue weighted by Gasteiger charge is 2.35. The van der Waals surface area contributed by atoms with Gasteiger partial charge < -0.3 is 20.0 Å². The summed E-state index contributed by atoms with van der Waals surface area (Å²) in [4.78, 5) is 40.5. The second-order valence-corrected chi connectivity index (χ2v) is 9.02. The minimum Gasteiger partial charge on any atom is -0.459 e. The highest BCUT2D eigenvalue weighted by molar-refractivity contribution is 7.12. The van der Waals surface area contributed by atoms with Crippen molar-refractivity contribution < 1.29 is 18.8 Å². The topological polar surface area (TPSA) is 91.7 Å². The zero-order valence-electron chi connectivity index (χ0n) is 17.6. The number of nitrogens with zero attached hydrogens (tertiary/aromatic N) is 1. The summed E-state index contributed by atoms with van der Waals surface area (Å²) in [5.41, 5.74) is 0. The second-order valence-electron chi connectivity index (χ2n) is 8.08. The van der Waals surface area contributed by atoms with Gasteiger partial charge in [-0.05, 0) is 55.2 Å². The lowest BCUT2D eigenvalue weighted by Crippen LogP contribution is -2.55. The number of amides is 3. The molecule has 8 heteroatoms. The van der Waals surface area contributed by atoms with Gasteiger partial charge in [0.2, 0.25) is 5.91 Å². The third kappa shape index (κ3) is 5.30. The van der Waals surface area contributed by atoms with Crippen molar-refractivity contribution in [1.82, 2.24) is 15.5 Å². The Bertz CT molecular complexity index is 840. The van der Waals surface area contributed by atoms with Gasteiger partial charge in [-0.25, -0.2) is 0 Å². The number of nitrogens with one attached hydrogen (secondary N) is 2. The summed E-state index contributed by atoms with van der Waals surface area (Å²) in [6.07, 6.45) is 2.74. The number of piperidine rings is 1. The van der Waals surface area contributed by atoms with E-state index in [-0.39, 0.29) is 35.6 Å². The van der Waals surface area contributed by atoms with Crippen LogP contribution in [0.15, 0.2) is 40.3 Å². The normalized spacial score (nSPS) is 16.9. The maximum absolute atomic E-state index is 13.0. The van der Waals surface area contributed by atoms with Gasteiger partial charge in [0.05, 0.1) is 11.1 Å². The van der Waals surface area contributed by atoms with Crippen LogP contribution in [0.5, 0.6) is 0 Å². The van der Waals surface area contributed by atoms with Crippen molar-refractivity contribution in [3.05, 3.63) is 46.5 Å². The van der Waals surface area contributed by atoms with E-state index in [1.165, 1.54) is 17.6 Å². The van der Waals surface area contributed by atoms with E-state index in [9.17, 15) is 14.4 Å². The Hall–Kier alpha value is -2.61. The van der Waals surface area contributed by atoms with Gasteiger partial charge in [-0.2, -0.15) is 0 Å². The highest BCUT2D eigenvalue weighted by atomic mass is 32.1. The number of furan rings is 1. The highest BCUT2D eigenvalue weighted by Crippen LogP contribution is 2.23. The summed E-state index contributed by atoms with van der Waals surface area (Å²) in [5, 5.41) is 7.82. The van der Waals surface area contributed by atoms with Gasteiger partial charge in [0.1, 0.15) is 6.04 Å². The molecule has 0 saturated carbocycles. The molecule has 0 radical (unpaired) electrons. The molecule has 3 heterocycles. The number of rotatable bonds is 7. The second kappa shape index (κ2) is 9.93. The molecule has 1 aliphatic rings. The van der Waals surface area contributed by atoms with Gasteiger partial charge in [0.25, 0.3) is 11.8 Å². The minimum atomic E-state index is -0.637. The summed E-state index contributed by atoms with van der Waals surface area (Å²) >= 11 is 1.35. The molecule has 3 rings (SSSR count). The van der Waals surface area contributed by atoms with E-state index in [4.69, 9.17) is 4.42 Å². The van der Waals surface area contributed by atoms with Crippen LogP contribution in [0.2, 0.25) is 0 Å². The quantitative estimate of drug-likeness (QED) is 0.704. The molecule has 2 aromatic heterocycles. The van der Waals surface area contributed by atoms with Crippen LogP contribution in [0, 0.1) is 11.8 Å². The molecule has 0 spiro atoms. The number of likely N-dealkylation sites (tertiary alicyclic amines) is 1. The van der Waals surface area contributed by atoms with Crippen LogP contribution in [0.4, 0.5) is 0 Å². The van der Waals surface area contributed by atoms with Crippen molar-refractivity contribution in [3.8, 4) is 0 Å². The zero-order chi connectivity index (χ0) is 21.7. The van der Waals surface area contributed by atoms with Gasteiger partial charge in [0, 0.05) is 19.1 Å². The first-order chi connectivity index (χ1) is 14.4. The van der Waals surface area contributed by atoms with Crippen LogP contribution in [0.1, 0.15) is 53.8 Å². The van der Waals surface area contributed by atoms with Crippen LogP contribution in [-0.4, -0.2) is 47.8 Å². The number of hydrogen-bond acceptors (Lipinski definition) is 5. The largest absolute Gasteiger partial charge is 0.459 e. The van der Waals surface area contributed by atoms with Crippen molar-refractivity contribution in [1.29, 1.82) is 0 Å². The number of hydrogen-bond donors (Lipinski definition) is 2. The van der Waals surface area contributed by atoms with Crippen LogP contribution < -0.4 is 10.6 Å². The predicted molar refractivity (Wildman–Crippen MR) is 115 cm³/mol. The number of carbonyl (C=O) groups excluding carboxylic acids is 3. The average molecular weight is 432 g/mol. The standard InChI is InChI=1S/C22H29N3O4S/c1-14(2)15(3)23-21(27)19(24-20(26)18-7-5-13-30-18)16-8-10-25(11-9-16)22(28)17-6-4-12-29-17/h4-7,12-16,19H,8-11H2,1-3H3,(H,23,27)(H,24,26). The molecule has 30 heavy (non-hydrogen) atoms. The molecule has 2 atom stereocenters. The molecule has 1 aliphatic heterocycles. The Morgan fingerprint density at radius 3 is 2.40 bits per heavy atom. The molecule has 0 aromatic carbocycles. The Kier molecular flexibility index (Phi) is 7.31. The van der Waals surface area contributed by atoms with Crippen molar-refractivity contribution >= 4 is 29.1 Å². The van der Waals surface area contributed by atoms with Crippen LogP contribution in [0.25, 0.3) is 0 Å². The Balaban J connectivity index is 1.67. The van der Waals surface area contributed by atoms with E-state index in [1.807, 2.05) is 32.2 Å². The van der Waals surface area contributed by atoms with E-state index in [0.29, 0.717) is 36.6 Å². The Labute approximate surface area is 180 Å². The first kappa shape index (κ1) is 22.1. The monoisotopic (exact) mass is 431 g/mol. The minimum absolute atomic E-state index is 0.000686. The Morgan fingerprint density at radius 1 is 1.10 bits per heavy atom. The lowest BCUT2D eigenvalue weighted by Gasteiger charge is -2.36. The lowest BCUT2D eigenvalue weighted by molar-refractivity contribution is -0.125. The van der Waals surface area contributed by atoms with Crippen LogP contribution in [0.3, 0.4) is 0 Å². The molecule has 7 nitrogen and oxygen atoms in total. The van der Waals surface area contributed by atoms with Crippen molar-refractivity contribution in [2.24, 2.45) is 11.8 Å². The zero-order valence-corrected chi connectivity index (χ0v) is 18.4. The molecule has 1 saturated heterocycles. The van der Waals surface area contributed by atoms with Crippen LogP contribution in [-0.2, 0) is 4.79 Å². The van der Waals surface area contributed by atoms with E-state index in [0.717, 1.165) is 0 Å². The Morgan fingerprint density at radius 2 is 1.83 bits per heavy atom. The number of thiophene rings is 1. The molecule has 2 N–H and O–H groups in total.